The van der Waals surface area contributed by atoms with E-state index in [-0.39, 0.29) is 0 Å². The summed E-state index contributed by atoms with van der Waals surface area (Å²) in [5.74, 6) is 0. The monoisotopic (exact) mass is 132 g/mol. The Morgan fingerprint density at radius 1 is 1.50 bits per heavy atom. The first-order valence-electron chi connectivity index (χ1n) is 3.30. The Labute approximate surface area is 61.4 Å². The topological polar surface area (TPSA) is 12.9 Å². The molecule has 0 fully saturated rings. The van der Waals surface area contributed by atoms with Crippen molar-refractivity contribution in [2.24, 2.45) is 0 Å². The highest BCUT2D eigenvalue weighted by Gasteiger charge is 1.80. The van der Waals surface area contributed by atoms with Gasteiger partial charge in [-0.2, -0.15) is 0 Å². The minimum absolute atomic E-state index is 0.816. The number of hydrogen-bond donors (Lipinski definition) is 0. The van der Waals surface area contributed by atoms with E-state index in [4.69, 9.17) is 0 Å². The van der Waals surface area contributed by atoms with Gasteiger partial charge in [0.2, 0.25) is 0 Å². The Morgan fingerprint density at radius 3 is 3.00 bits per heavy atom. The van der Waals surface area contributed by atoms with E-state index in [9.17, 15) is 0 Å². The first-order chi connectivity index (χ1) is 4.93. The van der Waals surface area contributed by atoms with Gasteiger partial charge >= 0.3 is 0 Å². The van der Waals surface area contributed by atoms with Crippen LogP contribution in [0.25, 0.3) is 6.08 Å². The third-order valence-electron chi connectivity index (χ3n) is 1.14. The summed E-state index contributed by atoms with van der Waals surface area (Å²) >= 11 is 0. The second-order valence-corrected chi connectivity index (χ2v) is 1.95. The predicted molar refractivity (Wildman–Crippen MR) is 43.2 cm³/mol. The third-order valence-corrected chi connectivity index (χ3v) is 1.14. The van der Waals surface area contributed by atoms with Crippen LogP contribution in [-0.2, 0) is 0 Å². The lowest BCUT2D eigenvalue weighted by Crippen LogP contribution is -1.75. The van der Waals surface area contributed by atoms with Gasteiger partial charge in [0.25, 0.3) is 0 Å². The summed E-state index contributed by atoms with van der Waals surface area (Å²) in [5, 5.41) is 0. The molecule has 0 aliphatic carbocycles. The standard InChI is InChI=1S/C9H10N/c1-2-3-6-9-7-4-5-8-10-9/h3-8H,1-2H2. The van der Waals surface area contributed by atoms with Gasteiger partial charge < -0.3 is 0 Å². The molecule has 1 heterocycles. The van der Waals surface area contributed by atoms with Crippen molar-refractivity contribution in [2.75, 3.05) is 0 Å². The lowest BCUT2D eigenvalue weighted by molar-refractivity contribution is 1.29. The highest BCUT2D eigenvalue weighted by Crippen LogP contribution is 1.96. The van der Waals surface area contributed by atoms with Gasteiger partial charge in [0.15, 0.2) is 0 Å². The second-order valence-electron chi connectivity index (χ2n) is 1.95. The second kappa shape index (κ2) is 3.83. The molecule has 1 heteroatoms. The van der Waals surface area contributed by atoms with Crippen LogP contribution in [0.1, 0.15) is 12.1 Å². The summed E-state index contributed by atoms with van der Waals surface area (Å²) in [6.07, 6.45) is 6.55. The maximum absolute atomic E-state index is 4.10. The number of aromatic nitrogens is 1. The molecule has 1 aromatic heterocycles. The quantitative estimate of drug-likeness (QED) is 0.601. The van der Waals surface area contributed by atoms with Crippen LogP contribution in [0.2, 0.25) is 0 Å². The van der Waals surface area contributed by atoms with E-state index >= 15 is 0 Å². The Hall–Kier alpha value is -1.11. The molecule has 1 aromatic rings. The molecule has 0 aliphatic rings. The molecule has 0 atom stereocenters. The molecule has 0 saturated carbocycles. The van der Waals surface area contributed by atoms with E-state index in [1.165, 1.54) is 0 Å². The number of pyridine rings is 1. The maximum atomic E-state index is 4.10. The van der Waals surface area contributed by atoms with Crippen molar-refractivity contribution in [3.63, 3.8) is 0 Å². The smallest absolute Gasteiger partial charge is 0.0626 e. The zero-order chi connectivity index (χ0) is 7.23. The fourth-order valence-corrected chi connectivity index (χ4v) is 0.679. The molecule has 1 radical (unpaired) electrons. The van der Waals surface area contributed by atoms with Gasteiger partial charge in [-0.3, -0.25) is 4.98 Å². The summed E-state index contributed by atoms with van der Waals surface area (Å²) in [5.41, 5.74) is 0.992. The molecule has 51 valence electrons. The van der Waals surface area contributed by atoms with Crippen molar-refractivity contribution >= 4 is 6.08 Å². The molecule has 0 bridgehead atoms. The molecule has 0 aromatic carbocycles. The Balaban J connectivity index is 2.67. The van der Waals surface area contributed by atoms with Gasteiger partial charge in [0.1, 0.15) is 0 Å². The van der Waals surface area contributed by atoms with Crippen molar-refractivity contribution in [3.8, 4) is 0 Å². The van der Waals surface area contributed by atoms with Crippen LogP contribution in [0.5, 0.6) is 0 Å². The lowest BCUT2D eigenvalue weighted by atomic mass is 10.3. The molecular formula is C9H10N. The van der Waals surface area contributed by atoms with Crippen LogP contribution in [-0.4, -0.2) is 4.98 Å². The average molecular weight is 132 g/mol. The fourth-order valence-electron chi connectivity index (χ4n) is 0.679. The van der Waals surface area contributed by atoms with E-state index in [1.54, 1.807) is 6.20 Å². The van der Waals surface area contributed by atoms with Gasteiger partial charge in [0.05, 0.1) is 5.69 Å². The minimum Gasteiger partial charge on any atom is -0.257 e. The van der Waals surface area contributed by atoms with Crippen molar-refractivity contribution in [1.82, 2.24) is 4.98 Å². The van der Waals surface area contributed by atoms with Crippen molar-refractivity contribution in [2.45, 2.75) is 6.42 Å². The molecule has 0 N–H and O–H groups in total. The molecule has 0 amide bonds. The largest absolute Gasteiger partial charge is 0.257 e. The Morgan fingerprint density at radius 2 is 2.40 bits per heavy atom. The first-order valence-corrected chi connectivity index (χ1v) is 3.30. The van der Waals surface area contributed by atoms with Crippen LogP contribution in [0.15, 0.2) is 30.5 Å². The summed E-state index contributed by atoms with van der Waals surface area (Å²) in [7, 11) is 0. The van der Waals surface area contributed by atoms with Crippen LogP contribution in [0.4, 0.5) is 0 Å². The molecule has 0 spiro atoms. The third kappa shape index (κ3) is 2.02. The van der Waals surface area contributed by atoms with Crippen molar-refractivity contribution in [3.05, 3.63) is 43.1 Å². The molecule has 1 rings (SSSR count). The summed E-state index contributed by atoms with van der Waals surface area (Å²) in [6.45, 7) is 3.69. The van der Waals surface area contributed by atoms with E-state index in [0.29, 0.717) is 0 Å². The van der Waals surface area contributed by atoms with Crippen LogP contribution in [0.3, 0.4) is 0 Å². The Kier molecular flexibility index (Phi) is 2.68. The first kappa shape index (κ1) is 7.00. The van der Waals surface area contributed by atoms with Crippen LogP contribution in [0, 0.1) is 6.92 Å². The summed E-state index contributed by atoms with van der Waals surface area (Å²) < 4.78 is 0. The Bertz CT molecular complexity index is 201. The van der Waals surface area contributed by atoms with Gasteiger partial charge in [-0.25, -0.2) is 0 Å². The summed E-state index contributed by atoms with van der Waals surface area (Å²) in [4.78, 5) is 4.10. The number of nitrogens with zero attached hydrogens (tertiary/aromatic N) is 1. The summed E-state index contributed by atoms with van der Waals surface area (Å²) in [6, 6.07) is 5.84. The van der Waals surface area contributed by atoms with Gasteiger partial charge in [-0.15, -0.1) is 0 Å². The maximum Gasteiger partial charge on any atom is 0.0626 e. The van der Waals surface area contributed by atoms with Crippen LogP contribution < -0.4 is 0 Å². The van der Waals surface area contributed by atoms with Crippen LogP contribution >= 0.6 is 0 Å². The molecule has 0 unspecified atom stereocenters. The number of allylic oxidation sites excluding steroid dienone is 1. The normalized spacial score (nSPS) is 10.5. The lowest BCUT2D eigenvalue weighted by Gasteiger charge is -1.87. The van der Waals surface area contributed by atoms with Gasteiger partial charge in [-0.1, -0.05) is 12.1 Å². The number of rotatable bonds is 2. The minimum atomic E-state index is 0.816. The molecule has 1 nitrogen and oxygen atoms in total. The fraction of sp³-hybridized carbons (Fsp3) is 0.111. The zero-order valence-electron chi connectivity index (χ0n) is 5.83. The molecule has 0 aliphatic heterocycles. The van der Waals surface area contributed by atoms with Crippen molar-refractivity contribution < 1.29 is 0 Å². The predicted octanol–water partition coefficient (Wildman–Crippen LogP) is 2.32. The average Bonchev–Trinajstić information content (AvgIpc) is 2.03. The van der Waals surface area contributed by atoms with E-state index < -0.39 is 0 Å². The molecule has 0 saturated heterocycles. The van der Waals surface area contributed by atoms with Gasteiger partial charge in [-0.05, 0) is 31.6 Å². The van der Waals surface area contributed by atoms with Gasteiger partial charge in [0, 0.05) is 6.20 Å². The molecule has 10 heavy (non-hydrogen) atoms. The van der Waals surface area contributed by atoms with E-state index in [1.807, 2.05) is 30.4 Å². The molecular weight excluding hydrogens is 122 g/mol. The zero-order valence-corrected chi connectivity index (χ0v) is 5.83. The highest BCUT2D eigenvalue weighted by atomic mass is 14.6. The SMILES string of the molecule is [CH2]CC=Cc1ccccn1. The van der Waals surface area contributed by atoms with E-state index in [2.05, 4.69) is 11.9 Å². The number of hydrogen-bond acceptors (Lipinski definition) is 1. The van der Waals surface area contributed by atoms with E-state index in [0.717, 1.165) is 12.1 Å². The highest BCUT2D eigenvalue weighted by molar-refractivity contribution is 5.43. The van der Waals surface area contributed by atoms with Crippen molar-refractivity contribution in [1.29, 1.82) is 0 Å².